The average Bonchev–Trinajstić information content (AvgIpc) is 2.73. The summed E-state index contributed by atoms with van der Waals surface area (Å²) in [4.78, 5) is 40.1. The molecule has 29 heavy (non-hydrogen) atoms. The minimum atomic E-state index is -0.431. The Hall–Kier alpha value is -2.39. The number of piperazine rings is 1. The highest BCUT2D eigenvalue weighted by molar-refractivity contribution is 6.30. The SMILES string of the molecule is COC(=O)C1CC[NH+](CC(=O)N2CCN(c3ccc(Cl)cc3[N+](=O)[O-])CC2)CC1. The molecular formula is C19H26ClN4O5+. The molecule has 2 fully saturated rings. The highest BCUT2D eigenvalue weighted by atomic mass is 35.5. The second-order valence-electron chi connectivity index (χ2n) is 7.48. The molecule has 1 N–H and O–H groups in total. The number of esters is 1. The van der Waals surface area contributed by atoms with E-state index in [4.69, 9.17) is 16.3 Å². The van der Waals surface area contributed by atoms with Crippen LogP contribution in [-0.4, -0.2) is 74.6 Å². The number of halogens is 1. The Bertz CT molecular complexity index is 774. The van der Waals surface area contributed by atoms with Gasteiger partial charge in [0.1, 0.15) is 5.69 Å². The highest BCUT2D eigenvalue weighted by Gasteiger charge is 2.31. The number of hydrogen-bond donors (Lipinski definition) is 1. The molecule has 1 aromatic rings. The van der Waals surface area contributed by atoms with Gasteiger partial charge >= 0.3 is 5.97 Å². The third-order valence-corrected chi connectivity index (χ3v) is 5.97. The van der Waals surface area contributed by atoms with E-state index in [2.05, 4.69) is 0 Å². The van der Waals surface area contributed by atoms with Gasteiger partial charge in [0.05, 0.1) is 31.0 Å². The number of nitrogens with one attached hydrogen (secondary N) is 1. The van der Waals surface area contributed by atoms with Gasteiger partial charge in [0.25, 0.3) is 11.6 Å². The molecule has 2 saturated heterocycles. The molecule has 0 unspecified atom stereocenters. The maximum Gasteiger partial charge on any atom is 0.309 e. The quantitative estimate of drug-likeness (QED) is 0.416. The standard InChI is InChI=1S/C19H25ClN4O5/c1-29-19(26)14-4-6-21(7-5-14)13-18(25)23-10-8-22(9-11-23)16-3-2-15(20)12-17(16)24(27)28/h2-3,12,14H,4-11,13H2,1H3/p+1. The Labute approximate surface area is 174 Å². The molecule has 0 spiro atoms. The third kappa shape index (κ3) is 5.16. The Morgan fingerprint density at radius 2 is 1.90 bits per heavy atom. The summed E-state index contributed by atoms with van der Waals surface area (Å²) in [6.07, 6.45) is 1.48. The summed E-state index contributed by atoms with van der Waals surface area (Å²) < 4.78 is 4.80. The summed E-state index contributed by atoms with van der Waals surface area (Å²) in [5.74, 6) is -0.137. The molecule has 0 saturated carbocycles. The van der Waals surface area contributed by atoms with Crippen molar-refractivity contribution in [1.29, 1.82) is 0 Å². The van der Waals surface area contributed by atoms with E-state index in [1.54, 1.807) is 12.1 Å². The summed E-state index contributed by atoms with van der Waals surface area (Å²) in [5, 5.41) is 11.6. The topological polar surface area (TPSA) is 97.4 Å². The zero-order valence-electron chi connectivity index (χ0n) is 16.4. The molecule has 158 valence electrons. The molecular weight excluding hydrogens is 400 g/mol. The molecule has 1 amide bonds. The van der Waals surface area contributed by atoms with Crippen molar-refractivity contribution in [2.75, 3.05) is 57.8 Å². The molecule has 10 heteroatoms. The molecule has 9 nitrogen and oxygen atoms in total. The zero-order valence-corrected chi connectivity index (χ0v) is 17.2. The minimum absolute atomic E-state index is 0.0183. The van der Waals surface area contributed by atoms with E-state index in [1.165, 1.54) is 18.1 Å². The lowest BCUT2D eigenvalue weighted by Gasteiger charge is -2.36. The number of nitro groups is 1. The molecule has 1 aromatic carbocycles. The molecule has 0 radical (unpaired) electrons. The highest BCUT2D eigenvalue weighted by Crippen LogP contribution is 2.31. The fourth-order valence-corrected chi connectivity index (χ4v) is 4.20. The summed E-state index contributed by atoms with van der Waals surface area (Å²) in [5.41, 5.74) is 0.511. The molecule has 2 aliphatic rings. The van der Waals surface area contributed by atoms with Gasteiger partial charge in [0.15, 0.2) is 6.54 Å². The van der Waals surface area contributed by atoms with Crippen molar-refractivity contribution in [3.05, 3.63) is 33.3 Å². The van der Waals surface area contributed by atoms with Crippen LogP contribution in [0.3, 0.4) is 0 Å². The van der Waals surface area contributed by atoms with Crippen molar-refractivity contribution in [2.45, 2.75) is 12.8 Å². The number of quaternary nitrogens is 1. The van der Waals surface area contributed by atoms with Crippen molar-refractivity contribution in [1.82, 2.24) is 4.90 Å². The predicted molar refractivity (Wildman–Crippen MR) is 107 cm³/mol. The van der Waals surface area contributed by atoms with E-state index < -0.39 is 4.92 Å². The Morgan fingerprint density at radius 3 is 2.48 bits per heavy atom. The van der Waals surface area contributed by atoms with Gasteiger partial charge in [-0.15, -0.1) is 0 Å². The van der Waals surface area contributed by atoms with Gasteiger partial charge in [-0.3, -0.25) is 19.7 Å². The molecule has 2 heterocycles. The maximum atomic E-state index is 12.7. The van der Waals surface area contributed by atoms with Crippen LogP contribution >= 0.6 is 11.6 Å². The van der Waals surface area contributed by atoms with Gasteiger partial charge < -0.3 is 19.4 Å². The number of amides is 1. The molecule has 3 rings (SSSR count). The number of carbonyl (C=O) groups is 2. The number of anilines is 1. The fraction of sp³-hybridized carbons (Fsp3) is 0.579. The van der Waals surface area contributed by atoms with E-state index in [-0.39, 0.29) is 23.5 Å². The zero-order chi connectivity index (χ0) is 21.0. The smallest absolute Gasteiger partial charge is 0.309 e. The van der Waals surface area contributed by atoms with Crippen LogP contribution in [0.5, 0.6) is 0 Å². The number of hydrogen-bond acceptors (Lipinski definition) is 6. The van der Waals surface area contributed by atoms with Crippen LogP contribution in [0.25, 0.3) is 0 Å². The summed E-state index contributed by atoms with van der Waals surface area (Å²) in [6, 6.07) is 4.66. The maximum absolute atomic E-state index is 12.7. The third-order valence-electron chi connectivity index (χ3n) is 5.74. The number of benzene rings is 1. The van der Waals surface area contributed by atoms with E-state index in [9.17, 15) is 19.7 Å². The van der Waals surface area contributed by atoms with Gasteiger partial charge in [-0.25, -0.2) is 0 Å². The second kappa shape index (κ2) is 9.41. The lowest BCUT2D eigenvalue weighted by molar-refractivity contribution is -0.898. The number of rotatable bonds is 5. The van der Waals surface area contributed by atoms with Gasteiger partial charge in [-0.1, -0.05) is 11.6 Å². The van der Waals surface area contributed by atoms with Crippen LogP contribution in [0.1, 0.15) is 12.8 Å². The summed E-state index contributed by atoms with van der Waals surface area (Å²) in [6.45, 7) is 4.09. The number of piperidine rings is 1. The van der Waals surface area contributed by atoms with Crippen molar-refractivity contribution in [2.24, 2.45) is 5.92 Å². The normalized spacial score (nSPS) is 22.3. The lowest BCUT2D eigenvalue weighted by atomic mass is 9.97. The number of methoxy groups -OCH3 is 1. The van der Waals surface area contributed by atoms with Crippen LogP contribution in [0, 0.1) is 16.0 Å². The van der Waals surface area contributed by atoms with Crippen molar-refractivity contribution in [3.8, 4) is 0 Å². The van der Waals surface area contributed by atoms with E-state index in [1.807, 2.05) is 9.80 Å². The van der Waals surface area contributed by atoms with Gasteiger partial charge in [0, 0.05) is 50.1 Å². The summed E-state index contributed by atoms with van der Waals surface area (Å²) in [7, 11) is 1.41. The number of ether oxygens (including phenoxy) is 1. The van der Waals surface area contributed by atoms with E-state index in [0.29, 0.717) is 43.4 Å². The van der Waals surface area contributed by atoms with Crippen molar-refractivity contribution >= 4 is 34.9 Å². The van der Waals surface area contributed by atoms with Crippen LogP contribution in [0.15, 0.2) is 18.2 Å². The first-order chi connectivity index (χ1) is 13.9. The molecule has 0 atom stereocenters. The lowest BCUT2D eigenvalue weighted by Crippen LogP contribution is -3.14. The van der Waals surface area contributed by atoms with Crippen molar-refractivity contribution in [3.63, 3.8) is 0 Å². The van der Waals surface area contributed by atoms with Crippen molar-refractivity contribution < 1.29 is 24.1 Å². The number of nitro benzene ring substituents is 1. The van der Waals surface area contributed by atoms with Gasteiger partial charge in [-0.05, 0) is 12.1 Å². The molecule has 0 aromatic heterocycles. The first-order valence-corrected chi connectivity index (χ1v) is 10.1. The number of nitrogens with zero attached hydrogens (tertiary/aromatic N) is 3. The van der Waals surface area contributed by atoms with Crippen LogP contribution in [-0.2, 0) is 14.3 Å². The fourth-order valence-electron chi connectivity index (χ4n) is 4.04. The number of carbonyl (C=O) groups excluding carboxylic acids is 2. The minimum Gasteiger partial charge on any atom is -0.469 e. The van der Waals surface area contributed by atoms with Crippen LogP contribution in [0.4, 0.5) is 11.4 Å². The van der Waals surface area contributed by atoms with E-state index in [0.717, 1.165) is 25.9 Å². The monoisotopic (exact) mass is 425 g/mol. The van der Waals surface area contributed by atoms with Gasteiger partial charge in [0.2, 0.25) is 0 Å². The first-order valence-electron chi connectivity index (χ1n) is 9.77. The van der Waals surface area contributed by atoms with E-state index >= 15 is 0 Å². The largest absolute Gasteiger partial charge is 0.469 e. The first kappa shape index (κ1) is 21.3. The molecule has 0 aliphatic carbocycles. The Kier molecular flexibility index (Phi) is 6.92. The second-order valence-corrected chi connectivity index (χ2v) is 7.92. The molecule has 0 bridgehead atoms. The number of likely N-dealkylation sites (tertiary alicyclic amines) is 1. The average molecular weight is 426 g/mol. The van der Waals surface area contributed by atoms with Crippen LogP contribution < -0.4 is 9.80 Å². The Balaban J connectivity index is 1.50. The molecule has 2 aliphatic heterocycles. The predicted octanol–water partition coefficient (Wildman–Crippen LogP) is 0.365. The Morgan fingerprint density at radius 1 is 1.24 bits per heavy atom. The van der Waals surface area contributed by atoms with Crippen LogP contribution in [0.2, 0.25) is 5.02 Å². The summed E-state index contributed by atoms with van der Waals surface area (Å²) >= 11 is 5.89. The van der Waals surface area contributed by atoms with Gasteiger partial charge in [-0.2, -0.15) is 0 Å².